The van der Waals surface area contributed by atoms with Crippen LogP contribution in [0.2, 0.25) is 0 Å². The van der Waals surface area contributed by atoms with Gasteiger partial charge in [-0.2, -0.15) is 0 Å². The minimum absolute atomic E-state index is 0.0510. The molecule has 1 aromatic carbocycles. The van der Waals surface area contributed by atoms with E-state index in [0.29, 0.717) is 13.0 Å². The Kier molecular flexibility index (Phi) is 6.69. The van der Waals surface area contributed by atoms with Crippen molar-refractivity contribution in [2.75, 3.05) is 13.7 Å². The van der Waals surface area contributed by atoms with Crippen molar-refractivity contribution >= 4 is 5.91 Å². The number of ether oxygens (including phenoxy) is 1. The zero-order chi connectivity index (χ0) is 15.9. The number of nitrogens with two attached hydrogens (primary N) is 1. The lowest BCUT2D eigenvalue weighted by Crippen LogP contribution is -2.49. The van der Waals surface area contributed by atoms with E-state index in [-0.39, 0.29) is 17.4 Å². The molecule has 0 spiro atoms. The number of carbonyl (C=O) groups excluding carboxylic acids is 1. The van der Waals surface area contributed by atoms with Crippen LogP contribution in [0.3, 0.4) is 0 Å². The lowest BCUT2D eigenvalue weighted by Gasteiger charge is -2.27. The molecule has 118 valence electrons. The maximum atomic E-state index is 12.0. The highest BCUT2D eigenvalue weighted by molar-refractivity contribution is 5.76. The summed E-state index contributed by atoms with van der Waals surface area (Å²) < 4.78 is 5.14. The van der Waals surface area contributed by atoms with Crippen molar-refractivity contribution in [3.05, 3.63) is 29.8 Å². The fraction of sp³-hybridized carbons (Fsp3) is 0.588. The predicted molar refractivity (Wildman–Crippen MR) is 86.5 cm³/mol. The molecular weight excluding hydrogens is 264 g/mol. The number of methoxy groups -OCH3 is 1. The highest BCUT2D eigenvalue weighted by Gasteiger charge is 2.21. The Bertz CT molecular complexity index is 439. The summed E-state index contributed by atoms with van der Waals surface area (Å²) in [6, 6.07) is 7.84. The van der Waals surface area contributed by atoms with E-state index in [9.17, 15) is 4.79 Å². The minimum atomic E-state index is -0.293. The highest BCUT2D eigenvalue weighted by Crippen LogP contribution is 2.21. The van der Waals surface area contributed by atoms with Crippen LogP contribution in [0.4, 0.5) is 0 Å². The number of hydrogen-bond donors (Lipinski definition) is 2. The topological polar surface area (TPSA) is 64.3 Å². The molecule has 4 heteroatoms. The summed E-state index contributed by atoms with van der Waals surface area (Å²) in [6.45, 7) is 6.69. The van der Waals surface area contributed by atoms with E-state index in [1.54, 1.807) is 7.11 Å². The van der Waals surface area contributed by atoms with Gasteiger partial charge in [-0.25, -0.2) is 0 Å². The van der Waals surface area contributed by atoms with Crippen molar-refractivity contribution in [3.63, 3.8) is 0 Å². The minimum Gasteiger partial charge on any atom is -0.497 e. The van der Waals surface area contributed by atoms with Gasteiger partial charge in [0.1, 0.15) is 5.75 Å². The van der Waals surface area contributed by atoms with Gasteiger partial charge in [0, 0.05) is 18.5 Å². The molecule has 0 aromatic heterocycles. The van der Waals surface area contributed by atoms with Crippen molar-refractivity contribution in [2.24, 2.45) is 5.73 Å². The number of amides is 1. The van der Waals surface area contributed by atoms with Gasteiger partial charge in [0.15, 0.2) is 0 Å². The first-order valence-corrected chi connectivity index (χ1v) is 7.63. The van der Waals surface area contributed by atoms with Gasteiger partial charge in [0.25, 0.3) is 0 Å². The summed E-state index contributed by atoms with van der Waals surface area (Å²) in [5, 5.41) is 2.96. The molecule has 1 unspecified atom stereocenters. The molecule has 0 saturated carbocycles. The second-order valence-electron chi connectivity index (χ2n) is 5.72. The zero-order valence-corrected chi connectivity index (χ0v) is 13.6. The second kappa shape index (κ2) is 8.03. The maximum absolute atomic E-state index is 12.0. The Labute approximate surface area is 128 Å². The van der Waals surface area contributed by atoms with Crippen LogP contribution in [0.25, 0.3) is 0 Å². The Morgan fingerprint density at radius 2 is 1.86 bits per heavy atom. The fourth-order valence-electron chi connectivity index (χ4n) is 2.18. The van der Waals surface area contributed by atoms with Crippen LogP contribution in [0.1, 0.15) is 51.5 Å². The van der Waals surface area contributed by atoms with Crippen molar-refractivity contribution in [1.29, 1.82) is 0 Å². The van der Waals surface area contributed by atoms with Gasteiger partial charge < -0.3 is 15.8 Å². The summed E-state index contributed by atoms with van der Waals surface area (Å²) in [4.78, 5) is 12.0. The normalized spacial score (nSPS) is 12.8. The van der Waals surface area contributed by atoms with Gasteiger partial charge in [0.2, 0.25) is 5.91 Å². The monoisotopic (exact) mass is 292 g/mol. The molecule has 1 aromatic rings. The van der Waals surface area contributed by atoms with Crippen molar-refractivity contribution in [3.8, 4) is 5.75 Å². The third-order valence-corrected chi connectivity index (χ3v) is 4.22. The van der Waals surface area contributed by atoms with Gasteiger partial charge in [-0.3, -0.25) is 4.79 Å². The Morgan fingerprint density at radius 3 is 2.33 bits per heavy atom. The van der Waals surface area contributed by atoms with Gasteiger partial charge in [0.05, 0.1) is 7.11 Å². The number of benzene rings is 1. The van der Waals surface area contributed by atoms with Crippen LogP contribution < -0.4 is 15.8 Å². The number of carbonyl (C=O) groups is 1. The van der Waals surface area contributed by atoms with Crippen LogP contribution in [0.15, 0.2) is 24.3 Å². The third-order valence-electron chi connectivity index (χ3n) is 4.22. The summed E-state index contributed by atoms with van der Waals surface area (Å²) in [6.07, 6.45) is 2.19. The van der Waals surface area contributed by atoms with Gasteiger partial charge >= 0.3 is 0 Å². The average Bonchev–Trinajstić information content (AvgIpc) is 2.52. The fourth-order valence-corrected chi connectivity index (χ4v) is 2.18. The standard InChI is InChI=1S/C17H28N2O2/c1-5-17(18,6-2)12-19-16(20)11-13(3)14-7-9-15(21-4)10-8-14/h7-10,13H,5-6,11-12,18H2,1-4H3,(H,19,20). The van der Waals surface area contributed by atoms with Crippen LogP contribution >= 0.6 is 0 Å². The van der Waals surface area contributed by atoms with Crippen LogP contribution in [0.5, 0.6) is 5.75 Å². The molecule has 0 aliphatic carbocycles. The molecule has 0 radical (unpaired) electrons. The molecule has 1 rings (SSSR count). The summed E-state index contributed by atoms with van der Waals surface area (Å²) in [7, 11) is 1.65. The van der Waals surface area contributed by atoms with Crippen molar-refractivity contribution in [2.45, 2.75) is 51.5 Å². The largest absolute Gasteiger partial charge is 0.497 e. The van der Waals surface area contributed by atoms with E-state index in [1.165, 1.54) is 0 Å². The Morgan fingerprint density at radius 1 is 1.29 bits per heavy atom. The summed E-state index contributed by atoms with van der Waals surface area (Å²) in [5.41, 5.74) is 7.03. The third kappa shape index (κ3) is 5.38. The molecule has 0 saturated heterocycles. The highest BCUT2D eigenvalue weighted by atomic mass is 16.5. The second-order valence-corrected chi connectivity index (χ2v) is 5.72. The molecule has 4 nitrogen and oxygen atoms in total. The van der Waals surface area contributed by atoms with Crippen molar-refractivity contribution in [1.82, 2.24) is 5.32 Å². The van der Waals surface area contributed by atoms with E-state index in [1.807, 2.05) is 24.3 Å². The molecular formula is C17H28N2O2. The lowest BCUT2D eigenvalue weighted by atomic mass is 9.93. The number of hydrogen-bond acceptors (Lipinski definition) is 3. The first-order valence-electron chi connectivity index (χ1n) is 7.63. The van der Waals surface area contributed by atoms with Gasteiger partial charge in [-0.1, -0.05) is 32.9 Å². The van der Waals surface area contributed by atoms with E-state index in [4.69, 9.17) is 10.5 Å². The van der Waals surface area contributed by atoms with E-state index < -0.39 is 0 Å². The molecule has 1 atom stereocenters. The molecule has 21 heavy (non-hydrogen) atoms. The SMILES string of the molecule is CCC(N)(CC)CNC(=O)CC(C)c1ccc(OC)cc1. The van der Waals surface area contributed by atoms with E-state index >= 15 is 0 Å². The molecule has 0 heterocycles. The van der Waals surface area contributed by atoms with E-state index in [2.05, 4.69) is 26.1 Å². The molecule has 3 N–H and O–H groups in total. The Balaban J connectivity index is 2.49. The van der Waals surface area contributed by atoms with Crippen LogP contribution in [0, 0.1) is 0 Å². The Hall–Kier alpha value is -1.55. The number of nitrogens with one attached hydrogen (secondary N) is 1. The quantitative estimate of drug-likeness (QED) is 0.774. The summed E-state index contributed by atoms with van der Waals surface area (Å²) in [5.74, 6) is 1.05. The first kappa shape index (κ1) is 17.5. The summed E-state index contributed by atoms with van der Waals surface area (Å²) >= 11 is 0. The molecule has 0 bridgehead atoms. The first-order chi connectivity index (χ1) is 9.94. The maximum Gasteiger partial charge on any atom is 0.220 e. The smallest absolute Gasteiger partial charge is 0.220 e. The van der Waals surface area contributed by atoms with Crippen LogP contribution in [-0.2, 0) is 4.79 Å². The molecule has 0 aliphatic rings. The number of rotatable bonds is 8. The molecule has 1 amide bonds. The average molecular weight is 292 g/mol. The van der Waals surface area contributed by atoms with E-state index in [0.717, 1.165) is 24.2 Å². The van der Waals surface area contributed by atoms with Gasteiger partial charge in [-0.05, 0) is 36.5 Å². The lowest BCUT2D eigenvalue weighted by molar-refractivity contribution is -0.121. The predicted octanol–water partition coefficient (Wildman–Crippen LogP) is 2.82. The zero-order valence-electron chi connectivity index (χ0n) is 13.6. The van der Waals surface area contributed by atoms with Crippen LogP contribution in [-0.4, -0.2) is 25.1 Å². The molecule has 0 fully saturated rings. The molecule has 0 aliphatic heterocycles. The van der Waals surface area contributed by atoms with Crippen molar-refractivity contribution < 1.29 is 9.53 Å². The van der Waals surface area contributed by atoms with Gasteiger partial charge in [-0.15, -0.1) is 0 Å².